The molecule has 2 heterocycles. The van der Waals surface area contributed by atoms with Gasteiger partial charge in [-0.05, 0) is 57.2 Å². The molecular weight excluding hydrogens is 308 g/mol. The fourth-order valence-electron chi connectivity index (χ4n) is 2.87. The molecule has 3 rings (SSSR count). The van der Waals surface area contributed by atoms with Gasteiger partial charge in [-0.25, -0.2) is 4.79 Å². The summed E-state index contributed by atoms with van der Waals surface area (Å²) in [6.07, 6.45) is 1.69. The van der Waals surface area contributed by atoms with E-state index in [4.69, 9.17) is 4.74 Å². The first-order chi connectivity index (χ1) is 10.9. The van der Waals surface area contributed by atoms with Crippen LogP contribution in [0.1, 0.15) is 33.6 Å². The molecule has 0 spiro atoms. The summed E-state index contributed by atoms with van der Waals surface area (Å²) in [4.78, 5) is 13.9. The van der Waals surface area contributed by atoms with Gasteiger partial charge in [-0.1, -0.05) is 6.07 Å². The van der Waals surface area contributed by atoms with Crippen LogP contribution in [0.15, 0.2) is 29.6 Å². The summed E-state index contributed by atoms with van der Waals surface area (Å²) in [5.74, 6) is 0. The number of nitrogens with one attached hydrogen (secondary N) is 1. The fraction of sp³-hybridized carbons (Fsp3) is 0.500. The van der Waals surface area contributed by atoms with Gasteiger partial charge in [-0.3, -0.25) is 0 Å². The van der Waals surface area contributed by atoms with Crippen LogP contribution in [0.5, 0.6) is 0 Å². The van der Waals surface area contributed by atoms with E-state index in [1.54, 1.807) is 11.3 Å². The maximum Gasteiger partial charge on any atom is 0.410 e. The number of fused-ring (bicyclic) bond motifs is 1. The molecule has 124 valence electrons. The highest BCUT2D eigenvalue weighted by Gasteiger charge is 2.26. The average Bonchev–Trinajstić information content (AvgIpc) is 2.96. The highest BCUT2D eigenvalue weighted by molar-refractivity contribution is 7.17. The Labute approximate surface area is 141 Å². The first-order valence-corrected chi connectivity index (χ1v) is 9.01. The molecule has 1 fully saturated rings. The highest BCUT2D eigenvalue weighted by Crippen LogP contribution is 2.29. The van der Waals surface area contributed by atoms with Crippen LogP contribution in [0.3, 0.4) is 0 Å². The van der Waals surface area contributed by atoms with E-state index in [0.29, 0.717) is 6.04 Å². The summed E-state index contributed by atoms with van der Waals surface area (Å²) in [6, 6.07) is 8.94. The molecule has 0 saturated carbocycles. The van der Waals surface area contributed by atoms with Crippen molar-refractivity contribution < 1.29 is 9.53 Å². The predicted molar refractivity (Wildman–Crippen MR) is 96.3 cm³/mol. The largest absolute Gasteiger partial charge is 0.444 e. The summed E-state index contributed by atoms with van der Waals surface area (Å²) >= 11 is 1.76. The van der Waals surface area contributed by atoms with Gasteiger partial charge < -0.3 is 15.0 Å². The van der Waals surface area contributed by atoms with Crippen molar-refractivity contribution in [3.8, 4) is 0 Å². The number of likely N-dealkylation sites (tertiary alicyclic amines) is 1. The third-order valence-corrected chi connectivity index (χ3v) is 4.88. The van der Waals surface area contributed by atoms with E-state index in [9.17, 15) is 4.79 Å². The topological polar surface area (TPSA) is 41.6 Å². The molecule has 1 aliphatic rings. The van der Waals surface area contributed by atoms with Gasteiger partial charge >= 0.3 is 6.09 Å². The zero-order valence-corrected chi connectivity index (χ0v) is 14.8. The van der Waals surface area contributed by atoms with Crippen molar-refractivity contribution in [2.75, 3.05) is 18.4 Å². The maximum absolute atomic E-state index is 12.1. The van der Waals surface area contributed by atoms with Crippen LogP contribution in [0.2, 0.25) is 0 Å². The second-order valence-corrected chi connectivity index (χ2v) is 7.97. The molecule has 5 heteroatoms. The number of hydrogen-bond donors (Lipinski definition) is 1. The van der Waals surface area contributed by atoms with Crippen LogP contribution in [-0.4, -0.2) is 35.7 Å². The van der Waals surface area contributed by atoms with Crippen molar-refractivity contribution in [1.82, 2.24) is 4.90 Å². The van der Waals surface area contributed by atoms with Crippen LogP contribution in [0, 0.1) is 0 Å². The zero-order valence-electron chi connectivity index (χ0n) is 14.0. The molecular formula is C18H24N2O2S. The predicted octanol–water partition coefficient (Wildman–Crippen LogP) is 4.71. The van der Waals surface area contributed by atoms with Gasteiger partial charge in [0.2, 0.25) is 0 Å². The minimum absolute atomic E-state index is 0.198. The third-order valence-electron chi connectivity index (χ3n) is 4.00. The second kappa shape index (κ2) is 6.40. The third kappa shape index (κ3) is 3.96. The molecule has 0 unspecified atom stereocenters. The lowest BCUT2D eigenvalue weighted by Gasteiger charge is -2.34. The summed E-state index contributed by atoms with van der Waals surface area (Å²) in [7, 11) is 0. The van der Waals surface area contributed by atoms with Gasteiger partial charge in [0.25, 0.3) is 0 Å². The number of nitrogens with zero attached hydrogens (tertiary/aromatic N) is 1. The van der Waals surface area contributed by atoms with Gasteiger partial charge in [0.05, 0.1) is 0 Å². The lowest BCUT2D eigenvalue weighted by molar-refractivity contribution is 0.0210. The van der Waals surface area contributed by atoms with E-state index in [2.05, 4.69) is 35.0 Å². The first kappa shape index (κ1) is 16.1. The zero-order chi connectivity index (χ0) is 16.4. The van der Waals surface area contributed by atoms with Gasteiger partial charge in [0.1, 0.15) is 5.60 Å². The van der Waals surface area contributed by atoms with E-state index in [1.165, 1.54) is 15.8 Å². The number of anilines is 1. The Morgan fingerprint density at radius 3 is 2.70 bits per heavy atom. The summed E-state index contributed by atoms with van der Waals surface area (Å²) in [6.45, 7) is 7.19. The van der Waals surface area contributed by atoms with Crippen molar-refractivity contribution in [1.29, 1.82) is 0 Å². The highest BCUT2D eigenvalue weighted by atomic mass is 32.1. The monoisotopic (exact) mass is 332 g/mol. The van der Waals surface area contributed by atoms with Gasteiger partial charge in [-0.15, -0.1) is 11.3 Å². The SMILES string of the molecule is CC(C)(C)OC(=O)N1CCC(Nc2cccc3sccc23)CC1. The van der Waals surface area contributed by atoms with Crippen LogP contribution < -0.4 is 5.32 Å². The van der Waals surface area contributed by atoms with Crippen LogP contribution >= 0.6 is 11.3 Å². The molecule has 2 aromatic rings. The molecule has 1 aliphatic heterocycles. The van der Waals surface area contributed by atoms with Crippen molar-refractivity contribution in [2.45, 2.75) is 45.3 Å². The van der Waals surface area contributed by atoms with Crippen molar-refractivity contribution in [3.05, 3.63) is 29.6 Å². The Hall–Kier alpha value is -1.75. The van der Waals surface area contributed by atoms with Crippen molar-refractivity contribution in [3.63, 3.8) is 0 Å². The minimum Gasteiger partial charge on any atom is -0.444 e. The van der Waals surface area contributed by atoms with Gasteiger partial charge in [-0.2, -0.15) is 0 Å². The van der Waals surface area contributed by atoms with E-state index >= 15 is 0 Å². The number of thiophene rings is 1. The number of carbonyl (C=O) groups excluding carboxylic acids is 1. The quantitative estimate of drug-likeness (QED) is 0.866. The van der Waals surface area contributed by atoms with Crippen molar-refractivity contribution >= 4 is 33.2 Å². The Kier molecular flexibility index (Phi) is 4.48. The Balaban J connectivity index is 1.57. The second-order valence-electron chi connectivity index (χ2n) is 7.02. The lowest BCUT2D eigenvalue weighted by atomic mass is 10.0. The molecule has 1 aromatic heterocycles. The fourth-order valence-corrected chi connectivity index (χ4v) is 3.69. The number of hydrogen-bond acceptors (Lipinski definition) is 4. The first-order valence-electron chi connectivity index (χ1n) is 8.13. The molecule has 0 atom stereocenters. The number of benzene rings is 1. The Morgan fingerprint density at radius 1 is 1.26 bits per heavy atom. The Morgan fingerprint density at radius 2 is 2.00 bits per heavy atom. The molecule has 0 radical (unpaired) electrons. The number of piperidine rings is 1. The van der Waals surface area contributed by atoms with E-state index < -0.39 is 5.60 Å². The van der Waals surface area contributed by atoms with E-state index in [1.807, 2.05) is 25.7 Å². The molecule has 1 aromatic carbocycles. The summed E-state index contributed by atoms with van der Waals surface area (Å²) < 4.78 is 6.75. The van der Waals surface area contributed by atoms with Crippen LogP contribution in [-0.2, 0) is 4.74 Å². The molecule has 1 amide bonds. The molecule has 4 nitrogen and oxygen atoms in total. The molecule has 0 bridgehead atoms. The molecule has 1 saturated heterocycles. The van der Waals surface area contributed by atoms with Gasteiger partial charge in [0, 0.05) is 34.9 Å². The number of amides is 1. The smallest absolute Gasteiger partial charge is 0.410 e. The van der Waals surface area contributed by atoms with E-state index in [0.717, 1.165) is 25.9 Å². The van der Waals surface area contributed by atoms with Gasteiger partial charge in [0.15, 0.2) is 0 Å². The average molecular weight is 332 g/mol. The number of ether oxygens (including phenoxy) is 1. The van der Waals surface area contributed by atoms with Crippen LogP contribution in [0.4, 0.5) is 10.5 Å². The van der Waals surface area contributed by atoms with Crippen LogP contribution in [0.25, 0.3) is 10.1 Å². The normalized spacial score (nSPS) is 16.6. The number of rotatable bonds is 2. The lowest BCUT2D eigenvalue weighted by Crippen LogP contribution is -2.44. The molecule has 1 N–H and O–H groups in total. The maximum atomic E-state index is 12.1. The van der Waals surface area contributed by atoms with Crippen molar-refractivity contribution in [2.24, 2.45) is 0 Å². The summed E-state index contributed by atoms with van der Waals surface area (Å²) in [5.41, 5.74) is 0.764. The standard InChI is InChI=1S/C18H24N2O2S/c1-18(2,3)22-17(21)20-10-7-13(8-11-20)19-15-5-4-6-16-14(15)9-12-23-16/h4-6,9,12-13,19H,7-8,10-11H2,1-3H3. The molecule has 23 heavy (non-hydrogen) atoms. The number of carbonyl (C=O) groups is 1. The van der Waals surface area contributed by atoms with E-state index in [-0.39, 0.29) is 6.09 Å². The summed E-state index contributed by atoms with van der Waals surface area (Å²) in [5, 5.41) is 7.06. The minimum atomic E-state index is -0.430. The Bertz CT molecular complexity index is 682. The molecule has 0 aliphatic carbocycles.